The zero-order valence-corrected chi connectivity index (χ0v) is 12.4. The maximum Gasteiger partial charge on any atom is 0.268 e. The van der Waals surface area contributed by atoms with E-state index in [2.05, 4.69) is 22.9 Å². The predicted molar refractivity (Wildman–Crippen MR) is 73.3 cm³/mol. The molecular formula is C12H16BrNO2S. The lowest BCUT2D eigenvalue weighted by molar-refractivity contribution is 0.0740. The van der Waals surface area contributed by atoms with Crippen molar-refractivity contribution in [1.29, 1.82) is 0 Å². The summed E-state index contributed by atoms with van der Waals surface area (Å²) in [6, 6.07) is 2.15. The van der Waals surface area contributed by atoms with E-state index in [1.54, 1.807) is 7.11 Å². The topological polar surface area (TPSA) is 29.5 Å². The molecule has 3 nitrogen and oxygen atoms in total. The molecule has 1 fully saturated rings. The van der Waals surface area contributed by atoms with Gasteiger partial charge in [-0.2, -0.15) is 0 Å². The number of thiophene rings is 1. The molecule has 1 saturated heterocycles. The highest BCUT2D eigenvalue weighted by atomic mass is 79.9. The van der Waals surface area contributed by atoms with Crippen LogP contribution in [0.4, 0.5) is 0 Å². The zero-order chi connectivity index (χ0) is 12.4. The largest absolute Gasteiger partial charge is 0.495 e. The Hall–Kier alpha value is -0.550. The fourth-order valence-corrected chi connectivity index (χ4v) is 4.04. The van der Waals surface area contributed by atoms with Crippen LogP contribution in [0.1, 0.15) is 23.0 Å². The maximum absolute atomic E-state index is 12.4. The van der Waals surface area contributed by atoms with Gasteiger partial charge < -0.3 is 9.64 Å². The standard InChI is InChI=1S/C12H16BrNO2S/c1-8-3-5-14(9(8)7-13)12(15)11-10(16-2)4-6-17-11/h4,6,8-9H,3,5,7H2,1-2H3. The number of halogens is 1. The number of methoxy groups -OCH3 is 1. The van der Waals surface area contributed by atoms with E-state index in [1.165, 1.54) is 11.3 Å². The lowest BCUT2D eigenvalue weighted by atomic mass is 10.1. The SMILES string of the molecule is COc1ccsc1C(=O)N1CCC(C)C1CBr. The molecule has 0 radical (unpaired) electrons. The molecule has 17 heavy (non-hydrogen) atoms. The fraction of sp³-hybridized carbons (Fsp3) is 0.583. The molecule has 1 aromatic rings. The molecule has 1 aliphatic rings. The van der Waals surface area contributed by atoms with Crippen molar-refractivity contribution in [2.24, 2.45) is 5.92 Å². The summed E-state index contributed by atoms with van der Waals surface area (Å²) in [6.07, 6.45) is 1.08. The van der Waals surface area contributed by atoms with Crippen molar-refractivity contribution < 1.29 is 9.53 Å². The molecule has 0 spiro atoms. The first-order valence-corrected chi connectivity index (χ1v) is 7.67. The summed E-state index contributed by atoms with van der Waals surface area (Å²) in [7, 11) is 1.60. The summed E-state index contributed by atoms with van der Waals surface area (Å²) in [5, 5.41) is 2.74. The molecule has 5 heteroatoms. The Morgan fingerprint density at radius 1 is 1.71 bits per heavy atom. The van der Waals surface area contributed by atoms with Gasteiger partial charge in [-0.1, -0.05) is 22.9 Å². The van der Waals surface area contributed by atoms with Crippen molar-refractivity contribution in [1.82, 2.24) is 4.90 Å². The highest BCUT2D eigenvalue weighted by Gasteiger charge is 2.35. The number of likely N-dealkylation sites (tertiary alicyclic amines) is 1. The fourth-order valence-electron chi connectivity index (χ4n) is 2.24. The van der Waals surface area contributed by atoms with Crippen LogP contribution in [0.5, 0.6) is 5.75 Å². The minimum absolute atomic E-state index is 0.102. The number of carbonyl (C=O) groups excluding carboxylic acids is 1. The lowest BCUT2D eigenvalue weighted by Gasteiger charge is -2.25. The minimum atomic E-state index is 0.102. The third-order valence-corrected chi connectivity index (χ3v) is 4.89. The van der Waals surface area contributed by atoms with Crippen LogP contribution in [0, 0.1) is 5.92 Å². The van der Waals surface area contributed by atoms with Crippen LogP contribution in [0.3, 0.4) is 0 Å². The number of nitrogens with zero attached hydrogens (tertiary/aromatic N) is 1. The summed E-state index contributed by atoms with van der Waals surface area (Å²) in [4.78, 5) is 15.1. The predicted octanol–water partition coefficient (Wildman–Crippen LogP) is 3.00. The number of hydrogen-bond acceptors (Lipinski definition) is 3. The van der Waals surface area contributed by atoms with Gasteiger partial charge in [-0.05, 0) is 23.8 Å². The third kappa shape index (κ3) is 2.36. The van der Waals surface area contributed by atoms with E-state index in [0.29, 0.717) is 22.6 Å². The molecule has 0 aliphatic carbocycles. The van der Waals surface area contributed by atoms with E-state index in [9.17, 15) is 4.79 Å². The molecule has 1 aliphatic heterocycles. The van der Waals surface area contributed by atoms with E-state index in [4.69, 9.17) is 4.74 Å². The summed E-state index contributed by atoms with van der Waals surface area (Å²) in [5.41, 5.74) is 0. The van der Waals surface area contributed by atoms with E-state index in [-0.39, 0.29) is 5.91 Å². The van der Waals surface area contributed by atoms with Crippen molar-refractivity contribution in [2.45, 2.75) is 19.4 Å². The van der Waals surface area contributed by atoms with E-state index >= 15 is 0 Å². The van der Waals surface area contributed by atoms with Crippen LogP contribution in [0.15, 0.2) is 11.4 Å². The molecule has 1 amide bonds. The van der Waals surface area contributed by atoms with Gasteiger partial charge in [0.2, 0.25) is 0 Å². The smallest absolute Gasteiger partial charge is 0.268 e. The van der Waals surface area contributed by atoms with Crippen molar-refractivity contribution in [2.75, 3.05) is 19.0 Å². The van der Waals surface area contributed by atoms with Crippen molar-refractivity contribution >= 4 is 33.2 Å². The second-order valence-electron chi connectivity index (χ2n) is 4.30. The Balaban J connectivity index is 2.20. The van der Waals surface area contributed by atoms with E-state index in [1.807, 2.05) is 16.3 Å². The van der Waals surface area contributed by atoms with Gasteiger partial charge in [-0.3, -0.25) is 4.79 Å². The van der Waals surface area contributed by atoms with Gasteiger partial charge in [0, 0.05) is 17.9 Å². The molecule has 0 bridgehead atoms. The average Bonchev–Trinajstić information content (AvgIpc) is 2.93. The van der Waals surface area contributed by atoms with Gasteiger partial charge in [-0.25, -0.2) is 0 Å². The van der Waals surface area contributed by atoms with Crippen LogP contribution in [0.25, 0.3) is 0 Å². The molecule has 2 heterocycles. The van der Waals surface area contributed by atoms with Crippen LogP contribution < -0.4 is 4.74 Å². The Morgan fingerprint density at radius 3 is 3.12 bits per heavy atom. The lowest BCUT2D eigenvalue weighted by Crippen LogP contribution is -2.38. The second-order valence-corrected chi connectivity index (χ2v) is 5.87. The van der Waals surface area contributed by atoms with Gasteiger partial charge in [0.15, 0.2) is 0 Å². The molecule has 2 rings (SSSR count). The number of alkyl halides is 1. The monoisotopic (exact) mass is 317 g/mol. The Labute approximate surface area is 114 Å². The van der Waals surface area contributed by atoms with Crippen LogP contribution in [0.2, 0.25) is 0 Å². The highest BCUT2D eigenvalue weighted by Crippen LogP contribution is 2.31. The Kier molecular flexibility index (Phi) is 4.09. The average molecular weight is 318 g/mol. The van der Waals surface area contributed by atoms with Crippen molar-refractivity contribution in [3.8, 4) is 5.75 Å². The summed E-state index contributed by atoms with van der Waals surface area (Å²) >= 11 is 4.95. The second kappa shape index (κ2) is 5.40. The molecule has 2 atom stereocenters. The molecule has 0 aromatic carbocycles. The zero-order valence-electron chi connectivity index (χ0n) is 9.98. The van der Waals surface area contributed by atoms with Gasteiger partial charge >= 0.3 is 0 Å². The number of rotatable bonds is 3. The number of ether oxygens (including phenoxy) is 1. The van der Waals surface area contributed by atoms with Crippen LogP contribution >= 0.6 is 27.3 Å². The van der Waals surface area contributed by atoms with Crippen LogP contribution in [-0.2, 0) is 0 Å². The molecule has 94 valence electrons. The first kappa shape index (κ1) is 12.9. The molecule has 1 aromatic heterocycles. The minimum Gasteiger partial charge on any atom is -0.495 e. The van der Waals surface area contributed by atoms with Gasteiger partial charge in [0.1, 0.15) is 10.6 Å². The molecule has 0 saturated carbocycles. The first-order valence-electron chi connectivity index (χ1n) is 5.67. The first-order chi connectivity index (χ1) is 8.19. The summed E-state index contributed by atoms with van der Waals surface area (Å²) in [5.74, 6) is 1.35. The number of amides is 1. The molecular weight excluding hydrogens is 302 g/mol. The van der Waals surface area contributed by atoms with Crippen molar-refractivity contribution in [3.63, 3.8) is 0 Å². The Morgan fingerprint density at radius 2 is 2.47 bits per heavy atom. The van der Waals surface area contributed by atoms with Gasteiger partial charge in [0.25, 0.3) is 5.91 Å². The van der Waals surface area contributed by atoms with E-state index in [0.717, 1.165) is 18.3 Å². The Bertz CT molecular complexity index is 407. The quantitative estimate of drug-likeness (QED) is 0.802. The maximum atomic E-state index is 12.4. The number of carbonyl (C=O) groups is 1. The third-order valence-electron chi connectivity index (χ3n) is 3.34. The van der Waals surface area contributed by atoms with Gasteiger partial charge in [-0.15, -0.1) is 11.3 Å². The normalized spacial score (nSPS) is 24.1. The van der Waals surface area contributed by atoms with Gasteiger partial charge in [0.05, 0.1) is 7.11 Å². The summed E-state index contributed by atoms with van der Waals surface area (Å²) in [6.45, 7) is 3.04. The summed E-state index contributed by atoms with van der Waals surface area (Å²) < 4.78 is 5.21. The molecule has 2 unspecified atom stereocenters. The van der Waals surface area contributed by atoms with E-state index < -0.39 is 0 Å². The van der Waals surface area contributed by atoms with Crippen molar-refractivity contribution in [3.05, 3.63) is 16.3 Å². The van der Waals surface area contributed by atoms with Crippen LogP contribution in [-0.4, -0.2) is 35.8 Å². The number of hydrogen-bond donors (Lipinski definition) is 0. The highest BCUT2D eigenvalue weighted by molar-refractivity contribution is 9.09. The molecule has 0 N–H and O–H groups in total.